The Morgan fingerprint density at radius 2 is 2.10 bits per heavy atom. The minimum Gasteiger partial charge on any atom is -0.321 e. The number of carbonyl (C=O) groups is 1. The number of amides is 1. The van der Waals surface area contributed by atoms with Crippen molar-refractivity contribution in [2.75, 3.05) is 5.32 Å². The van der Waals surface area contributed by atoms with E-state index in [4.69, 9.17) is 11.6 Å². The molecule has 0 spiro atoms. The van der Waals surface area contributed by atoms with E-state index in [0.717, 1.165) is 10.6 Å². The highest BCUT2D eigenvalue weighted by atomic mass is 35.5. The van der Waals surface area contributed by atoms with Gasteiger partial charge in [-0.2, -0.15) is 0 Å². The Labute approximate surface area is 129 Å². The summed E-state index contributed by atoms with van der Waals surface area (Å²) in [6, 6.07) is 10.5. The molecule has 1 aromatic carbocycles. The third-order valence-electron chi connectivity index (χ3n) is 2.66. The summed E-state index contributed by atoms with van der Waals surface area (Å²) < 4.78 is 0. The number of halogens is 1. The number of benzene rings is 1. The summed E-state index contributed by atoms with van der Waals surface area (Å²) >= 11 is 7.18. The maximum absolute atomic E-state index is 12.1. The van der Waals surface area contributed by atoms with E-state index in [0.29, 0.717) is 5.69 Å². The van der Waals surface area contributed by atoms with E-state index in [1.165, 1.54) is 12.1 Å². The molecule has 2 aromatic heterocycles. The monoisotopic (exact) mass is 316 g/mol. The van der Waals surface area contributed by atoms with Crippen molar-refractivity contribution in [1.29, 1.82) is 0 Å². The fourth-order valence-electron chi connectivity index (χ4n) is 1.73. The Bertz CT molecular complexity index is 759. The van der Waals surface area contributed by atoms with Crippen molar-refractivity contribution < 1.29 is 4.79 Å². The van der Waals surface area contributed by atoms with Crippen LogP contribution < -0.4 is 5.32 Å². The quantitative estimate of drug-likeness (QED) is 0.803. The van der Waals surface area contributed by atoms with Gasteiger partial charge in [0.05, 0.1) is 0 Å². The number of nitrogens with zero attached hydrogens (tertiary/aromatic N) is 3. The minimum absolute atomic E-state index is 0.207. The second-order valence-electron chi connectivity index (χ2n) is 4.11. The number of anilines is 1. The summed E-state index contributed by atoms with van der Waals surface area (Å²) in [4.78, 5) is 16.3. The molecule has 0 fully saturated rings. The third-order valence-corrected chi connectivity index (χ3v) is 3.69. The highest BCUT2D eigenvalue weighted by Gasteiger charge is 2.09. The summed E-state index contributed by atoms with van der Waals surface area (Å²) in [5.41, 5.74) is 1.83. The molecule has 0 saturated heterocycles. The zero-order valence-electron chi connectivity index (χ0n) is 10.7. The van der Waals surface area contributed by atoms with Crippen LogP contribution >= 0.6 is 22.9 Å². The fraction of sp³-hybridized carbons (Fsp3) is 0. The molecule has 5 nitrogen and oxygen atoms in total. The Morgan fingerprint density at radius 1 is 1.19 bits per heavy atom. The molecule has 104 valence electrons. The molecule has 0 aliphatic heterocycles. The lowest BCUT2D eigenvalue weighted by atomic mass is 10.2. The number of hydrogen-bond acceptors (Lipinski definition) is 5. The first kappa shape index (κ1) is 13.7. The number of thiazole rings is 1. The fourth-order valence-corrected chi connectivity index (χ4v) is 2.46. The van der Waals surface area contributed by atoms with E-state index in [2.05, 4.69) is 20.5 Å². The second kappa shape index (κ2) is 5.99. The standard InChI is InChI=1S/C14H9ClN4OS/c15-12-5-4-11(18-19-12)13(20)17-10-3-1-2-9(8-10)14-16-6-7-21-14/h1-8H,(H,17,20). The number of rotatable bonds is 3. The zero-order chi connectivity index (χ0) is 14.7. The normalized spacial score (nSPS) is 10.3. The highest BCUT2D eigenvalue weighted by molar-refractivity contribution is 7.13. The SMILES string of the molecule is O=C(Nc1cccc(-c2nccs2)c1)c1ccc(Cl)nn1. The van der Waals surface area contributed by atoms with Gasteiger partial charge in [0.2, 0.25) is 0 Å². The van der Waals surface area contributed by atoms with Gasteiger partial charge in [-0.25, -0.2) is 4.98 Å². The van der Waals surface area contributed by atoms with Crippen LogP contribution in [0.3, 0.4) is 0 Å². The molecule has 2 heterocycles. The van der Waals surface area contributed by atoms with Crippen molar-refractivity contribution in [3.8, 4) is 10.6 Å². The molecule has 0 radical (unpaired) electrons. The molecular formula is C14H9ClN4OS. The van der Waals surface area contributed by atoms with Crippen LogP contribution in [0.25, 0.3) is 10.6 Å². The summed E-state index contributed by atoms with van der Waals surface area (Å²) in [7, 11) is 0. The van der Waals surface area contributed by atoms with Gasteiger partial charge < -0.3 is 5.32 Å². The lowest BCUT2D eigenvalue weighted by Crippen LogP contribution is -2.14. The van der Waals surface area contributed by atoms with Crippen LogP contribution in [0.15, 0.2) is 48.0 Å². The minimum atomic E-state index is -0.338. The van der Waals surface area contributed by atoms with E-state index in [1.54, 1.807) is 23.6 Å². The first-order valence-electron chi connectivity index (χ1n) is 6.03. The predicted molar refractivity (Wildman–Crippen MR) is 82.5 cm³/mol. The van der Waals surface area contributed by atoms with Crippen molar-refractivity contribution >= 4 is 34.5 Å². The van der Waals surface area contributed by atoms with Crippen LogP contribution in [0, 0.1) is 0 Å². The largest absolute Gasteiger partial charge is 0.321 e. The molecule has 3 aromatic rings. The molecule has 3 rings (SSSR count). The molecule has 1 N–H and O–H groups in total. The van der Waals surface area contributed by atoms with Crippen LogP contribution in [-0.4, -0.2) is 21.1 Å². The Hall–Kier alpha value is -2.31. The average molecular weight is 317 g/mol. The van der Waals surface area contributed by atoms with E-state index in [9.17, 15) is 4.79 Å². The smallest absolute Gasteiger partial charge is 0.276 e. The Morgan fingerprint density at radius 3 is 2.81 bits per heavy atom. The molecule has 0 saturated carbocycles. The summed E-state index contributed by atoms with van der Waals surface area (Å²) in [5.74, 6) is -0.338. The maximum atomic E-state index is 12.1. The second-order valence-corrected chi connectivity index (χ2v) is 5.40. The first-order chi connectivity index (χ1) is 10.2. The molecule has 0 atom stereocenters. The maximum Gasteiger partial charge on any atom is 0.276 e. The number of nitrogens with one attached hydrogen (secondary N) is 1. The van der Waals surface area contributed by atoms with Crippen LogP contribution in [0.5, 0.6) is 0 Å². The lowest BCUT2D eigenvalue weighted by Gasteiger charge is -2.05. The van der Waals surface area contributed by atoms with Crippen molar-refractivity contribution in [3.05, 3.63) is 58.8 Å². The molecule has 0 unspecified atom stereocenters. The van der Waals surface area contributed by atoms with Gasteiger partial charge in [0.1, 0.15) is 5.01 Å². The van der Waals surface area contributed by atoms with E-state index in [-0.39, 0.29) is 16.8 Å². The molecule has 21 heavy (non-hydrogen) atoms. The summed E-state index contributed by atoms with van der Waals surface area (Å²) in [6.45, 7) is 0. The zero-order valence-corrected chi connectivity index (χ0v) is 12.2. The molecule has 1 amide bonds. The van der Waals surface area contributed by atoms with E-state index in [1.807, 2.05) is 23.6 Å². The van der Waals surface area contributed by atoms with Crippen LogP contribution in [0.2, 0.25) is 5.15 Å². The van der Waals surface area contributed by atoms with Crippen molar-refractivity contribution in [2.24, 2.45) is 0 Å². The lowest BCUT2D eigenvalue weighted by molar-refractivity contribution is 0.102. The van der Waals surface area contributed by atoms with Gasteiger partial charge >= 0.3 is 0 Å². The van der Waals surface area contributed by atoms with Crippen molar-refractivity contribution in [2.45, 2.75) is 0 Å². The van der Waals surface area contributed by atoms with Gasteiger partial charge in [-0.1, -0.05) is 23.7 Å². The van der Waals surface area contributed by atoms with Crippen molar-refractivity contribution in [3.63, 3.8) is 0 Å². The molecule has 0 bridgehead atoms. The summed E-state index contributed by atoms with van der Waals surface area (Å²) in [5, 5.41) is 13.2. The Balaban J connectivity index is 1.80. The van der Waals surface area contributed by atoms with Gasteiger partial charge in [-0.15, -0.1) is 21.5 Å². The van der Waals surface area contributed by atoms with Crippen LogP contribution in [0.4, 0.5) is 5.69 Å². The molecule has 0 aliphatic carbocycles. The van der Waals surface area contributed by atoms with Gasteiger partial charge in [0.15, 0.2) is 10.8 Å². The topological polar surface area (TPSA) is 67.8 Å². The van der Waals surface area contributed by atoms with E-state index >= 15 is 0 Å². The van der Waals surface area contributed by atoms with Crippen molar-refractivity contribution in [1.82, 2.24) is 15.2 Å². The summed E-state index contributed by atoms with van der Waals surface area (Å²) in [6.07, 6.45) is 1.74. The van der Waals surface area contributed by atoms with Gasteiger partial charge in [0, 0.05) is 22.8 Å². The molecular weight excluding hydrogens is 308 g/mol. The number of aromatic nitrogens is 3. The Kier molecular flexibility index (Phi) is 3.89. The number of hydrogen-bond donors (Lipinski definition) is 1. The van der Waals surface area contributed by atoms with Crippen LogP contribution in [-0.2, 0) is 0 Å². The first-order valence-corrected chi connectivity index (χ1v) is 7.28. The van der Waals surface area contributed by atoms with Gasteiger partial charge in [-0.05, 0) is 24.3 Å². The predicted octanol–water partition coefficient (Wildman–Crippen LogP) is 3.51. The third kappa shape index (κ3) is 3.24. The molecule has 0 aliphatic rings. The highest BCUT2D eigenvalue weighted by Crippen LogP contribution is 2.24. The molecule has 7 heteroatoms. The van der Waals surface area contributed by atoms with E-state index < -0.39 is 0 Å². The van der Waals surface area contributed by atoms with Crippen LogP contribution in [0.1, 0.15) is 10.5 Å². The number of carbonyl (C=O) groups excluding carboxylic acids is 1. The van der Waals surface area contributed by atoms with Gasteiger partial charge in [0.25, 0.3) is 5.91 Å². The average Bonchev–Trinajstić information content (AvgIpc) is 3.02. The van der Waals surface area contributed by atoms with Gasteiger partial charge in [-0.3, -0.25) is 4.79 Å².